The second kappa shape index (κ2) is 5.25. The van der Waals surface area contributed by atoms with E-state index in [9.17, 15) is 4.79 Å². The second-order valence-corrected chi connectivity index (χ2v) is 4.31. The number of carbonyl (C=O) groups excluding carboxylic acids is 1. The molecule has 4 heteroatoms. The van der Waals surface area contributed by atoms with Crippen molar-refractivity contribution in [3.8, 4) is 0 Å². The van der Waals surface area contributed by atoms with Gasteiger partial charge in [-0.2, -0.15) is 5.10 Å². The van der Waals surface area contributed by atoms with Crippen molar-refractivity contribution in [3.05, 3.63) is 18.0 Å². The quantitative estimate of drug-likeness (QED) is 0.793. The molecule has 0 radical (unpaired) electrons. The molecule has 0 aliphatic carbocycles. The predicted octanol–water partition coefficient (Wildman–Crippen LogP) is 1.44. The molecule has 2 N–H and O–H groups in total. The van der Waals surface area contributed by atoms with Crippen molar-refractivity contribution in [2.45, 2.75) is 45.1 Å². The van der Waals surface area contributed by atoms with Crippen LogP contribution in [0, 0.1) is 0 Å². The minimum atomic E-state index is -0.637. The van der Waals surface area contributed by atoms with Crippen molar-refractivity contribution in [1.29, 1.82) is 0 Å². The average molecular weight is 223 g/mol. The van der Waals surface area contributed by atoms with E-state index in [0.717, 1.165) is 12.0 Å². The van der Waals surface area contributed by atoms with E-state index in [1.807, 2.05) is 27.1 Å². The highest BCUT2D eigenvalue weighted by molar-refractivity contribution is 5.88. The molecule has 1 rings (SSSR count). The van der Waals surface area contributed by atoms with Gasteiger partial charge >= 0.3 is 0 Å². The molecular weight excluding hydrogens is 202 g/mol. The van der Waals surface area contributed by atoms with Gasteiger partial charge in [0.2, 0.25) is 0 Å². The van der Waals surface area contributed by atoms with Crippen LogP contribution in [0.2, 0.25) is 0 Å². The lowest BCUT2D eigenvalue weighted by atomic mass is 9.86. The lowest BCUT2D eigenvalue weighted by Gasteiger charge is -2.24. The maximum absolute atomic E-state index is 12.0. The van der Waals surface area contributed by atoms with Crippen molar-refractivity contribution >= 4 is 5.78 Å². The summed E-state index contributed by atoms with van der Waals surface area (Å²) in [5, 5.41) is 4.07. The van der Waals surface area contributed by atoms with Gasteiger partial charge in [-0.05, 0) is 24.8 Å². The van der Waals surface area contributed by atoms with E-state index in [1.54, 1.807) is 10.9 Å². The fraction of sp³-hybridized carbons (Fsp3) is 0.667. The third-order valence-corrected chi connectivity index (χ3v) is 3.22. The van der Waals surface area contributed by atoms with E-state index < -0.39 is 5.54 Å². The van der Waals surface area contributed by atoms with Gasteiger partial charge in [0.15, 0.2) is 5.78 Å². The van der Waals surface area contributed by atoms with Gasteiger partial charge in [-0.15, -0.1) is 0 Å². The van der Waals surface area contributed by atoms with Crippen LogP contribution in [0.3, 0.4) is 0 Å². The molecule has 1 aromatic rings. The van der Waals surface area contributed by atoms with Crippen LogP contribution in [0.4, 0.5) is 0 Å². The van der Waals surface area contributed by atoms with Crippen LogP contribution in [0.5, 0.6) is 0 Å². The number of nitrogens with zero attached hydrogens (tertiary/aromatic N) is 2. The minimum absolute atomic E-state index is 0.154. The summed E-state index contributed by atoms with van der Waals surface area (Å²) >= 11 is 0. The van der Waals surface area contributed by atoms with Crippen molar-refractivity contribution in [2.24, 2.45) is 12.8 Å². The van der Waals surface area contributed by atoms with Crippen molar-refractivity contribution in [1.82, 2.24) is 9.78 Å². The van der Waals surface area contributed by atoms with Crippen LogP contribution in [-0.4, -0.2) is 21.1 Å². The van der Waals surface area contributed by atoms with E-state index in [4.69, 9.17) is 5.73 Å². The summed E-state index contributed by atoms with van der Waals surface area (Å²) < 4.78 is 1.75. The Balaban J connectivity index is 2.52. The van der Waals surface area contributed by atoms with Gasteiger partial charge in [-0.25, -0.2) is 0 Å². The summed E-state index contributed by atoms with van der Waals surface area (Å²) in [4.78, 5) is 12.0. The summed E-state index contributed by atoms with van der Waals surface area (Å²) in [7, 11) is 1.87. The molecule has 0 amide bonds. The highest BCUT2D eigenvalue weighted by atomic mass is 16.1. The lowest BCUT2D eigenvalue weighted by Crippen LogP contribution is -2.46. The van der Waals surface area contributed by atoms with E-state index in [2.05, 4.69) is 5.10 Å². The molecule has 1 heterocycles. The lowest BCUT2D eigenvalue weighted by molar-refractivity contribution is -0.124. The maximum Gasteiger partial charge on any atom is 0.152 e. The van der Waals surface area contributed by atoms with Crippen LogP contribution < -0.4 is 5.73 Å². The van der Waals surface area contributed by atoms with Gasteiger partial charge in [0.25, 0.3) is 0 Å². The van der Waals surface area contributed by atoms with Crippen LogP contribution in [-0.2, 0) is 18.3 Å². The summed E-state index contributed by atoms with van der Waals surface area (Å²) in [6, 6.07) is 0. The summed E-state index contributed by atoms with van der Waals surface area (Å²) in [6.45, 7) is 3.93. The molecule has 16 heavy (non-hydrogen) atoms. The number of rotatable bonds is 6. The number of aryl methyl sites for hydroxylation is 2. The molecule has 0 unspecified atom stereocenters. The number of ketones is 1. The van der Waals surface area contributed by atoms with Gasteiger partial charge in [-0.3, -0.25) is 9.48 Å². The van der Waals surface area contributed by atoms with E-state index >= 15 is 0 Å². The molecule has 0 fully saturated rings. The largest absolute Gasteiger partial charge is 0.319 e. The molecule has 0 bridgehead atoms. The van der Waals surface area contributed by atoms with Gasteiger partial charge < -0.3 is 5.73 Å². The van der Waals surface area contributed by atoms with Crippen LogP contribution >= 0.6 is 0 Å². The highest BCUT2D eigenvalue weighted by Crippen LogP contribution is 2.16. The predicted molar refractivity (Wildman–Crippen MR) is 64.0 cm³/mol. The maximum atomic E-state index is 12.0. The van der Waals surface area contributed by atoms with E-state index in [0.29, 0.717) is 19.3 Å². The van der Waals surface area contributed by atoms with Crippen molar-refractivity contribution < 1.29 is 4.79 Å². The number of aromatic nitrogens is 2. The minimum Gasteiger partial charge on any atom is -0.319 e. The second-order valence-electron chi connectivity index (χ2n) is 4.31. The fourth-order valence-corrected chi connectivity index (χ4v) is 1.75. The Morgan fingerprint density at radius 1 is 1.50 bits per heavy atom. The zero-order valence-electron chi connectivity index (χ0n) is 10.4. The molecule has 0 saturated heterocycles. The molecule has 0 spiro atoms. The molecule has 4 nitrogen and oxygen atoms in total. The Kier molecular flexibility index (Phi) is 4.24. The third-order valence-electron chi connectivity index (χ3n) is 3.22. The smallest absolute Gasteiger partial charge is 0.152 e. The van der Waals surface area contributed by atoms with E-state index in [-0.39, 0.29) is 5.78 Å². The first kappa shape index (κ1) is 12.9. The zero-order valence-corrected chi connectivity index (χ0v) is 10.4. The van der Waals surface area contributed by atoms with Gasteiger partial charge in [0.05, 0.1) is 11.7 Å². The number of carbonyl (C=O) groups is 1. The summed E-state index contributed by atoms with van der Waals surface area (Å²) in [5.74, 6) is 0.154. The first-order valence-corrected chi connectivity index (χ1v) is 5.81. The van der Waals surface area contributed by atoms with Crippen molar-refractivity contribution in [2.75, 3.05) is 0 Å². The van der Waals surface area contributed by atoms with Crippen LogP contribution in [0.1, 0.15) is 38.7 Å². The highest BCUT2D eigenvalue weighted by Gasteiger charge is 2.28. The molecule has 0 atom stereocenters. The summed E-state index contributed by atoms with van der Waals surface area (Å²) in [6.07, 6.45) is 6.37. The number of hydrogen-bond acceptors (Lipinski definition) is 3. The SMILES string of the molecule is CCC(N)(CC)C(=O)CCc1cnn(C)c1. The standard InChI is InChI=1S/C12H21N3O/c1-4-12(13,5-2)11(16)7-6-10-8-14-15(3)9-10/h8-9H,4-7,13H2,1-3H3. The molecule has 0 aliphatic rings. The number of hydrogen-bond donors (Lipinski definition) is 1. The normalized spacial score (nSPS) is 11.8. The Hall–Kier alpha value is -1.16. The van der Waals surface area contributed by atoms with Crippen LogP contribution in [0.25, 0.3) is 0 Å². The molecule has 1 aromatic heterocycles. The topological polar surface area (TPSA) is 60.9 Å². The Morgan fingerprint density at radius 2 is 2.12 bits per heavy atom. The zero-order chi connectivity index (χ0) is 12.2. The fourth-order valence-electron chi connectivity index (χ4n) is 1.75. The Bertz CT molecular complexity index is 353. The molecular formula is C12H21N3O. The van der Waals surface area contributed by atoms with Crippen molar-refractivity contribution in [3.63, 3.8) is 0 Å². The van der Waals surface area contributed by atoms with Crippen LogP contribution in [0.15, 0.2) is 12.4 Å². The van der Waals surface area contributed by atoms with Gasteiger partial charge in [0.1, 0.15) is 0 Å². The Morgan fingerprint density at radius 3 is 2.56 bits per heavy atom. The average Bonchev–Trinajstić information content (AvgIpc) is 2.70. The molecule has 0 saturated carbocycles. The first-order chi connectivity index (χ1) is 7.51. The van der Waals surface area contributed by atoms with Gasteiger partial charge in [0, 0.05) is 19.7 Å². The molecule has 90 valence electrons. The first-order valence-electron chi connectivity index (χ1n) is 5.81. The Labute approximate surface area is 96.8 Å². The molecule has 0 aliphatic heterocycles. The summed E-state index contributed by atoms with van der Waals surface area (Å²) in [5.41, 5.74) is 6.49. The monoisotopic (exact) mass is 223 g/mol. The van der Waals surface area contributed by atoms with E-state index in [1.165, 1.54) is 0 Å². The number of Topliss-reactive ketones (excluding diaryl/α,β-unsaturated/α-hetero) is 1. The molecule has 0 aromatic carbocycles. The number of nitrogens with two attached hydrogens (primary N) is 1. The third kappa shape index (κ3) is 2.92. The van der Waals surface area contributed by atoms with Gasteiger partial charge in [-0.1, -0.05) is 13.8 Å².